The lowest BCUT2D eigenvalue weighted by molar-refractivity contribution is 0.399. The van der Waals surface area contributed by atoms with Crippen molar-refractivity contribution in [2.45, 2.75) is 13.3 Å². The zero-order valence-electron chi connectivity index (χ0n) is 5.90. The Morgan fingerprint density at radius 2 is 1.44 bits per heavy atom. The van der Waals surface area contributed by atoms with Crippen LogP contribution in [0.2, 0.25) is 0 Å². The molecule has 0 aliphatic rings. The smallest absolute Gasteiger partial charge is 0.0967 e. The molecule has 0 saturated heterocycles. The molecule has 0 spiro atoms. The van der Waals surface area contributed by atoms with E-state index in [2.05, 4.69) is 6.92 Å². The van der Waals surface area contributed by atoms with Gasteiger partial charge < -0.3 is 10.8 Å². The van der Waals surface area contributed by atoms with E-state index in [0.29, 0.717) is 0 Å². The van der Waals surface area contributed by atoms with Gasteiger partial charge in [-0.15, -0.1) is 23.2 Å². The summed E-state index contributed by atoms with van der Waals surface area (Å²) in [4.78, 5) is 0. The second kappa shape index (κ2) is 39.0. The predicted octanol–water partition coefficient (Wildman–Crippen LogP) is 1.39. The van der Waals surface area contributed by atoms with E-state index in [0.717, 1.165) is 20.1 Å². The molecule has 0 unspecified atom stereocenters. The highest BCUT2D eigenvalue weighted by molar-refractivity contribution is 6.40. The minimum absolute atomic E-state index is 0.194. The standard InChI is InChI=1S/C3H9N.CH2Cl2.CH4O/c1-2-3-4;2-1-3;1-2/h2-4H2,1H3;1H2;2H,1H3. The molecule has 0 aromatic heterocycles. The van der Waals surface area contributed by atoms with Crippen molar-refractivity contribution in [1.29, 1.82) is 0 Å². The summed E-state index contributed by atoms with van der Waals surface area (Å²) < 4.78 is 0. The molecular weight excluding hydrogens is 161 g/mol. The molecule has 0 heterocycles. The first-order valence-electron chi connectivity index (χ1n) is 2.60. The van der Waals surface area contributed by atoms with Crippen molar-refractivity contribution in [3.05, 3.63) is 0 Å². The Morgan fingerprint density at radius 1 is 1.33 bits per heavy atom. The first-order chi connectivity index (χ1) is 4.33. The van der Waals surface area contributed by atoms with Gasteiger partial charge in [-0.05, 0) is 13.0 Å². The van der Waals surface area contributed by atoms with Crippen LogP contribution in [0.4, 0.5) is 0 Å². The van der Waals surface area contributed by atoms with E-state index in [4.69, 9.17) is 34.0 Å². The first kappa shape index (κ1) is 16.2. The number of aliphatic hydroxyl groups is 1. The van der Waals surface area contributed by atoms with Crippen molar-refractivity contribution >= 4 is 23.2 Å². The molecule has 0 aromatic carbocycles. The third-order valence-electron chi connectivity index (χ3n) is 0.289. The Bertz CT molecular complexity index is 22.4. The molecule has 0 aromatic rings. The molecule has 0 fully saturated rings. The molecule has 0 radical (unpaired) electrons. The maximum atomic E-state index is 7.00. The maximum absolute atomic E-state index is 7.00. The Balaban J connectivity index is -0.0000000646. The van der Waals surface area contributed by atoms with Gasteiger partial charge in [0.1, 0.15) is 0 Å². The normalized spacial score (nSPS) is 6.00. The zero-order valence-corrected chi connectivity index (χ0v) is 7.41. The zero-order chi connectivity index (χ0) is 8.12. The van der Waals surface area contributed by atoms with Crippen LogP contribution in [0.3, 0.4) is 0 Å². The van der Waals surface area contributed by atoms with Crippen molar-refractivity contribution < 1.29 is 5.11 Å². The molecule has 4 heteroatoms. The molecule has 2 nitrogen and oxygen atoms in total. The Labute approximate surface area is 67.0 Å². The van der Waals surface area contributed by atoms with Gasteiger partial charge in [0.05, 0.1) is 5.34 Å². The number of hydrogen-bond acceptors (Lipinski definition) is 2. The minimum Gasteiger partial charge on any atom is -0.400 e. The van der Waals surface area contributed by atoms with Gasteiger partial charge in [0.25, 0.3) is 0 Å². The summed E-state index contributed by atoms with van der Waals surface area (Å²) in [5, 5.41) is 7.19. The molecule has 0 aliphatic heterocycles. The van der Waals surface area contributed by atoms with Gasteiger partial charge in [-0.2, -0.15) is 0 Å². The van der Waals surface area contributed by atoms with Crippen molar-refractivity contribution in [2.75, 3.05) is 19.0 Å². The van der Waals surface area contributed by atoms with E-state index in [1.54, 1.807) is 0 Å². The second-order valence-electron chi connectivity index (χ2n) is 0.890. The van der Waals surface area contributed by atoms with Crippen LogP contribution < -0.4 is 5.73 Å². The molecule has 0 saturated carbocycles. The van der Waals surface area contributed by atoms with Crippen LogP contribution in [0.15, 0.2) is 0 Å². The van der Waals surface area contributed by atoms with Crippen LogP contribution >= 0.6 is 23.2 Å². The molecule has 0 aliphatic carbocycles. The number of alkyl halides is 2. The lowest BCUT2D eigenvalue weighted by Crippen LogP contribution is -1.93. The topological polar surface area (TPSA) is 46.2 Å². The van der Waals surface area contributed by atoms with Crippen molar-refractivity contribution in [3.63, 3.8) is 0 Å². The monoisotopic (exact) mass is 175 g/mol. The van der Waals surface area contributed by atoms with Gasteiger partial charge in [-0.3, -0.25) is 0 Å². The molecule has 3 N–H and O–H groups in total. The van der Waals surface area contributed by atoms with Crippen LogP contribution in [0.1, 0.15) is 13.3 Å². The molecule has 60 valence electrons. The Hall–Kier alpha value is 0.500. The summed E-state index contributed by atoms with van der Waals surface area (Å²) in [6.45, 7) is 2.88. The SMILES string of the molecule is CCCN.CO.ClCCl. The maximum Gasteiger partial charge on any atom is 0.0967 e. The fraction of sp³-hybridized carbons (Fsp3) is 1.00. The van der Waals surface area contributed by atoms with Crippen LogP contribution in [-0.2, 0) is 0 Å². The van der Waals surface area contributed by atoms with E-state index < -0.39 is 0 Å². The quantitative estimate of drug-likeness (QED) is 0.593. The second-order valence-corrected chi connectivity index (χ2v) is 1.70. The molecule has 9 heavy (non-hydrogen) atoms. The van der Waals surface area contributed by atoms with Crippen LogP contribution in [-0.4, -0.2) is 24.1 Å². The molecule has 0 rings (SSSR count). The largest absolute Gasteiger partial charge is 0.400 e. The van der Waals surface area contributed by atoms with Crippen molar-refractivity contribution in [1.82, 2.24) is 0 Å². The average Bonchev–Trinajstić information content (AvgIpc) is 1.94. The van der Waals surface area contributed by atoms with Crippen LogP contribution in [0.5, 0.6) is 0 Å². The number of nitrogens with two attached hydrogens (primary N) is 1. The summed E-state index contributed by atoms with van der Waals surface area (Å²) in [5.74, 6) is 0. The van der Waals surface area contributed by atoms with Gasteiger partial charge in [0.2, 0.25) is 0 Å². The van der Waals surface area contributed by atoms with Crippen molar-refractivity contribution in [2.24, 2.45) is 5.73 Å². The van der Waals surface area contributed by atoms with Gasteiger partial charge in [0.15, 0.2) is 0 Å². The summed E-state index contributed by atoms with van der Waals surface area (Å²) in [6.07, 6.45) is 1.10. The van der Waals surface area contributed by atoms with Gasteiger partial charge in [0, 0.05) is 7.11 Å². The predicted molar refractivity (Wildman–Crippen MR) is 44.1 cm³/mol. The number of hydrogen-bond donors (Lipinski definition) is 2. The van der Waals surface area contributed by atoms with E-state index >= 15 is 0 Å². The van der Waals surface area contributed by atoms with E-state index in [1.165, 1.54) is 0 Å². The minimum atomic E-state index is 0.194. The molecule has 0 atom stereocenters. The van der Waals surface area contributed by atoms with E-state index in [-0.39, 0.29) is 5.34 Å². The first-order valence-corrected chi connectivity index (χ1v) is 3.67. The lowest BCUT2D eigenvalue weighted by Gasteiger charge is -1.70. The third-order valence-corrected chi connectivity index (χ3v) is 0.289. The summed E-state index contributed by atoms with van der Waals surface area (Å²) in [5.41, 5.74) is 5.03. The van der Waals surface area contributed by atoms with Gasteiger partial charge >= 0.3 is 0 Å². The molecule has 0 bridgehead atoms. The summed E-state index contributed by atoms with van der Waals surface area (Å²) in [6, 6.07) is 0. The Kier molecular flexibility index (Phi) is 70.5. The fourth-order valence-corrected chi connectivity index (χ4v) is 0. The number of aliphatic hydroxyl groups excluding tert-OH is 1. The van der Waals surface area contributed by atoms with E-state index in [9.17, 15) is 0 Å². The highest BCUT2D eigenvalue weighted by atomic mass is 35.5. The average molecular weight is 176 g/mol. The highest BCUT2D eigenvalue weighted by Crippen LogP contribution is 1.73. The summed E-state index contributed by atoms with van der Waals surface area (Å²) >= 11 is 9.53. The molecule has 0 amide bonds. The van der Waals surface area contributed by atoms with Crippen molar-refractivity contribution in [3.8, 4) is 0 Å². The van der Waals surface area contributed by atoms with Crippen LogP contribution in [0, 0.1) is 0 Å². The highest BCUT2D eigenvalue weighted by Gasteiger charge is 1.55. The van der Waals surface area contributed by atoms with E-state index in [1.807, 2.05) is 0 Å². The number of halogens is 2. The number of rotatable bonds is 1. The molecular formula is C5H15Cl2NO. The third kappa shape index (κ3) is 160. The fourth-order valence-electron chi connectivity index (χ4n) is 0. The Morgan fingerprint density at radius 3 is 1.44 bits per heavy atom. The van der Waals surface area contributed by atoms with Crippen LogP contribution in [0.25, 0.3) is 0 Å². The van der Waals surface area contributed by atoms with Gasteiger partial charge in [-0.1, -0.05) is 6.92 Å². The lowest BCUT2D eigenvalue weighted by atomic mass is 10.5. The van der Waals surface area contributed by atoms with Gasteiger partial charge in [-0.25, -0.2) is 0 Å². The summed E-state index contributed by atoms with van der Waals surface area (Å²) in [7, 11) is 1.00.